The lowest BCUT2D eigenvalue weighted by Gasteiger charge is -2.14. The number of hydrogen-bond acceptors (Lipinski definition) is 4. The minimum Gasteiger partial charge on any atom is -0.244 e. The Bertz CT molecular complexity index is 2530. The normalized spacial score (nSPS) is 11.0. The van der Waals surface area contributed by atoms with Crippen molar-refractivity contribution < 1.29 is 0 Å². The van der Waals surface area contributed by atoms with Gasteiger partial charge in [0.05, 0.1) is 5.69 Å². The molecular weight excluding hydrogens is 729 g/mol. The third-order valence-corrected chi connectivity index (χ3v) is 10.7. The van der Waals surface area contributed by atoms with Gasteiger partial charge in [-0.3, -0.25) is 0 Å². The van der Waals surface area contributed by atoms with Crippen molar-refractivity contribution in [2.75, 3.05) is 0 Å². The van der Waals surface area contributed by atoms with E-state index >= 15 is 0 Å². The van der Waals surface area contributed by atoms with Gasteiger partial charge >= 0.3 is 0 Å². The maximum atomic E-state index is 5.35. The van der Waals surface area contributed by atoms with E-state index < -0.39 is 0 Å². The van der Waals surface area contributed by atoms with E-state index in [9.17, 15) is 0 Å². The van der Waals surface area contributed by atoms with Crippen molar-refractivity contribution in [3.63, 3.8) is 0 Å². The molecule has 0 aliphatic carbocycles. The smallest absolute Gasteiger partial charge is 0.182 e. The van der Waals surface area contributed by atoms with Crippen LogP contribution in [-0.4, -0.2) is 19.9 Å². The minimum atomic E-state index is 0.489. The molecule has 8 aromatic carbocycles. The predicted molar refractivity (Wildman–Crippen MR) is 247 cm³/mol. The maximum absolute atomic E-state index is 5.35. The molecule has 0 aliphatic rings. The fourth-order valence-corrected chi connectivity index (χ4v) is 7.65. The zero-order valence-corrected chi connectivity index (χ0v) is 32.7. The van der Waals surface area contributed by atoms with Crippen molar-refractivity contribution in [1.82, 2.24) is 19.9 Å². The summed E-state index contributed by atoms with van der Waals surface area (Å²) in [5.74, 6) is 1.61. The lowest BCUT2D eigenvalue weighted by Crippen LogP contribution is -2.03. The Morgan fingerprint density at radius 1 is 0.167 bits per heavy atom. The monoisotopic (exact) mass is 766 g/mol. The molecule has 0 spiro atoms. The van der Waals surface area contributed by atoms with E-state index in [1.807, 2.05) is 48.5 Å². The molecule has 0 atom stereocenters. The van der Waals surface area contributed by atoms with Gasteiger partial charge < -0.3 is 0 Å². The van der Waals surface area contributed by atoms with E-state index in [2.05, 4.69) is 182 Å². The van der Waals surface area contributed by atoms with Gasteiger partial charge in [0, 0.05) is 16.7 Å². The predicted octanol–water partition coefficient (Wildman–Crippen LogP) is 14.3. The van der Waals surface area contributed by atoms with Crippen molar-refractivity contribution in [1.29, 1.82) is 0 Å². The summed E-state index contributed by atoms with van der Waals surface area (Å²) in [4.78, 5) is 21.3. The van der Waals surface area contributed by atoms with Gasteiger partial charge in [0.25, 0.3) is 0 Å². The van der Waals surface area contributed by atoms with E-state index in [1.165, 1.54) is 0 Å². The van der Waals surface area contributed by atoms with Crippen LogP contribution in [0.15, 0.2) is 231 Å². The Kier molecular flexibility index (Phi) is 9.92. The highest BCUT2D eigenvalue weighted by atomic mass is 15.0. The molecule has 0 aliphatic heterocycles. The van der Waals surface area contributed by atoms with E-state index in [4.69, 9.17) is 19.9 Å². The summed E-state index contributed by atoms with van der Waals surface area (Å²) < 4.78 is 0. The van der Waals surface area contributed by atoms with Crippen molar-refractivity contribution >= 4 is 0 Å². The van der Waals surface area contributed by atoms with Crippen molar-refractivity contribution in [2.45, 2.75) is 0 Å². The maximum Gasteiger partial charge on any atom is 0.182 e. The average Bonchev–Trinajstić information content (AvgIpc) is 3.35. The highest BCUT2D eigenvalue weighted by Gasteiger charge is 2.19. The topological polar surface area (TPSA) is 51.6 Å². The number of pyridine rings is 1. The average molecular weight is 767 g/mol. The zero-order chi connectivity index (χ0) is 40.1. The van der Waals surface area contributed by atoms with Crippen LogP contribution in [0.1, 0.15) is 0 Å². The third-order valence-electron chi connectivity index (χ3n) is 10.7. The van der Waals surface area contributed by atoms with Crippen LogP contribution < -0.4 is 0 Å². The van der Waals surface area contributed by atoms with Gasteiger partial charge in [0.1, 0.15) is 5.69 Å². The fourth-order valence-electron chi connectivity index (χ4n) is 7.65. The van der Waals surface area contributed by atoms with E-state index in [0.29, 0.717) is 23.2 Å². The lowest BCUT2D eigenvalue weighted by molar-refractivity contribution is 1.06. The van der Waals surface area contributed by atoms with E-state index in [1.54, 1.807) is 0 Å². The summed E-state index contributed by atoms with van der Waals surface area (Å²) in [7, 11) is 0. The first kappa shape index (κ1) is 36.3. The molecule has 0 bridgehead atoms. The Balaban J connectivity index is 1.24. The van der Waals surface area contributed by atoms with Crippen LogP contribution in [0.4, 0.5) is 0 Å². The lowest BCUT2D eigenvalue weighted by atomic mass is 9.95. The number of hydrogen-bond donors (Lipinski definition) is 0. The first-order valence-electron chi connectivity index (χ1n) is 20.1. The molecule has 10 rings (SSSR count). The van der Waals surface area contributed by atoms with Gasteiger partial charge in [-0.05, 0) is 104 Å². The van der Waals surface area contributed by atoms with Crippen LogP contribution in [0.2, 0.25) is 0 Å². The van der Waals surface area contributed by atoms with Gasteiger partial charge in [-0.1, -0.05) is 182 Å². The molecule has 2 aromatic heterocycles. The molecule has 0 unspecified atom stereocenters. The molecule has 0 radical (unpaired) electrons. The second kappa shape index (κ2) is 16.4. The molecule has 0 amide bonds. The second-order valence-corrected chi connectivity index (χ2v) is 14.7. The summed E-state index contributed by atoms with van der Waals surface area (Å²) in [5.41, 5.74) is 15.1. The SMILES string of the molecule is c1ccc(-c2cc(-c3ccccc3)cc(-c3nc(-c4cc(-c5ccccc5)cc(-c5ccccc5)c4)nc(-c4cc(-c5ccccc5)cc(-c5ccccc5)n4)n3)c2)cc1. The summed E-state index contributed by atoms with van der Waals surface area (Å²) in [6.45, 7) is 0. The van der Waals surface area contributed by atoms with Crippen molar-refractivity contribution in [2.24, 2.45) is 0 Å². The summed E-state index contributed by atoms with van der Waals surface area (Å²) in [5, 5.41) is 0. The van der Waals surface area contributed by atoms with Crippen LogP contribution in [0.5, 0.6) is 0 Å². The molecular formula is C56H38N4. The van der Waals surface area contributed by atoms with Gasteiger partial charge in [0.2, 0.25) is 0 Å². The molecule has 0 fully saturated rings. The van der Waals surface area contributed by atoms with Crippen LogP contribution in [0.25, 0.3) is 101 Å². The summed E-state index contributed by atoms with van der Waals surface area (Å²) in [6.07, 6.45) is 0. The van der Waals surface area contributed by atoms with Crippen molar-refractivity contribution in [3.8, 4) is 101 Å². The Hall–Kier alpha value is -8.08. The number of aromatic nitrogens is 4. The summed E-state index contributed by atoms with van der Waals surface area (Å²) >= 11 is 0. The van der Waals surface area contributed by atoms with Crippen LogP contribution in [0.3, 0.4) is 0 Å². The second-order valence-electron chi connectivity index (χ2n) is 14.7. The van der Waals surface area contributed by atoms with Crippen LogP contribution in [-0.2, 0) is 0 Å². The number of rotatable bonds is 9. The quantitative estimate of drug-likeness (QED) is 0.147. The van der Waals surface area contributed by atoms with Gasteiger partial charge in [-0.25, -0.2) is 19.9 Å². The third kappa shape index (κ3) is 7.78. The Morgan fingerprint density at radius 3 is 0.750 bits per heavy atom. The van der Waals surface area contributed by atoms with Gasteiger partial charge in [-0.15, -0.1) is 0 Å². The van der Waals surface area contributed by atoms with Gasteiger partial charge in [0.15, 0.2) is 17.5 Å². The molecule has 282 valence electrons. The minimum absolute atomic E-state index is 0.489. The van der Waals surface area contributed by atoms with E-state index in [-0.39, 0.29) is 0 Å². The Labute approximate surface area is 350 Å². The number of benzene rings is 8. The standard InChI is InChI=1S/C56H38N4/c1-7-19-39(20-8-1)45-31-46(40-21-9-2-10-22-40)34-50(33-45)54-58-55(51-35-47(41-23-11-3-12-24-41)32-48(36-51)42-25-13-4-14-26-42)60-56(59-54)53-38-49(43-27-15-5-16-28-43)37-52(57-53)44-29-17-6-18-30-44/h1-38H. The highest BCUT2D eigenvalue weighted by Crippen LogP contribution is 2.37. The molecule has 10 aromatic rings. The summed E-state index contributed by atoms with van der Waals surface area (Å²) in [6, 6.07) is 80.0. The molecule has 60 heavy (non-hydrogen) atoms. The van der Waals surface area contributed by atoms with Gasteiger partial charge in [-0.2, -0.15) is 0 Å². The van der Waals surface area contributed by atoms with Crippen LogP contribution in [0, 0.1) is 0 Å². The largest absolute Gasteiger partial charge is 0.244 e. The molecule has 4 nitrogen and oxygen atoms in total. The molecule has 4 heteroatoms. The molecule has 0 saturated carbocycles. The highest BCUT2D eigenvalue weighted by molar-refractivity contribution is 5.83. The first-order chi connectivity index (χ1) is 29.7. The molecule has 0 saturated heterocycles. The zero-order valence-electron chi connectivity index (χ0n) is 32.7. The van der Waals surface area contributed by atoms with E-state index in [0.717, 1.165) is 78.0 Å². The Morgan fingerprint density at radius 2 is 0.417 bits per heavy atom. The molecule has 2 heterocycles. The fraction of sp³-hybridized carbons (Fsp3) is 0. The van der Waals surface area contributed by atoms with Crippen LogP contribution >= 0.6 is 0 Å². The molecule has 0 N–H and O–H groups in total. The van der Waals surface area contributed by atoms with Crippen molar-refractivity contribution in [3.05, 3.63) is 231 Å². The number of nitrogens with zero attached hydrogens (tertiary/aromatic N) is 4. The first-order valence-corrected chi connectivity index (χ1v) is 20.1.